The van der Waals surface area contributed by atoms with Crippen molar-refractivity contribution in [3.8, 4) is 0 Å². The van der Waals surface area contributed by atoms with Gasteiger partial charge in [-0.1, -0.05) is 57.8 Å². The van der Waals surface area contributed by atoms with E-state index in [9.17, 15) is 0 Å². The molecule has 4 heterocycles. The molecule has 1 fully saturated rings. The standard InChI is InChI=1S/C23H23BrN6.C2H6.CH5P/c1-17(18-5-3-2-4-6-18)19-14-25-23(26-15-19)29-11-9-28(10-12-29)21-7-8-27-30-16-20(24)13-22(21)30;2*1-2/h2-8,13-17H,9-12H2,1H3;1-2H3;2H2,1H3. The molecular weight excluding hydrogens is 507 g/mol. The zero-order valence-corrected chi connectivity index (χ0v) is 23.1. The van der Waals surface area contributed by atoms with Crippen LogP contribution in [-0.2, 0) is 0 Å². The first kappa shape index (κ1) is 26.1. The number of aromatic nitrogens is 4. The lowest BCUT2D eigenvalue weighted by molar-refractivity contribution is 0.639. The van der Waals surface area contributed by atoms with E-state index in [1.807, 2.05) is 55.9 Å². The zero-order valence-electron chi connectivity index (χ0n) is 20.4. The molecule has 0 spiro atoms. The van der Waals surface area contributed by atoms with Crippen molar-refractivity contribution in [1.82, 2.24) is 19.6 Å². The number of hydrogen-bond donors (Lipinski definition) is 0. The second-order valence-electron chi connectivity index (χ2n) is 7.63. The molecule has 1 aromatic carbocycles. The highest BCUT2D eigenvalue weighted by Gasteiger charge is 2.21. The average molecular weight is 541 g/mol. The molecule has 2 unspecified atom stereocenters. The smallest absolute Gasteiger partial charge is 0.225 e. The fourth-order valence-electron chi connectivity index (χ4n) is 4.04. The summed E-state index contributed by atoms with van der Waals surface area (Å²) in [4.78, 5) is 14.0. The second kappa shape index (κ2) is 12.8. The van der Waals surface area contributed by atoms with Crippen LogP contribution in [0.2, 0.25) is 0 Å². The highest BCUT2D eigenvalue weighted by Crippen LogP contribution is 2.27. The lowest BCUT2D eigenvalue weighted by Gasteiger charge is -2.36. The Balaban J connectivity index is 0.000000771. The Kier molecular flexibility index (Phi) is 9.85. The topological polar surface area (TPSA) is 49.6 Å². The molecule has 3 aromatic heterocycles. The van der Waals surface area contributed by atoms with Gasteiger partial charge < -0.3 is 9.80 Å². The third-order valence-corrected chi connectivity index (χ3v) is 6.25. The largest absolute Gasteiger partial charge is 0.366 e. The van der Waals surface area contributed by atoms with Crippen LogP contribution in [0.15, 0.2) is 71.7 Å². The van der Waals surface area contributed by atoms with Crippen LogP contribution < -0.4 is 9.80 Å². The third kappa shape index (κ3) is 5.94. The van der Waals surface area contributed by atoms with Crippen LogP contribution in [0.5, 0.6) is 0 Å². The Morgan fingerprint density at radius 1 is 0.882 bits per heavy atom. The number of rotatable bonds is 4. The molecule has 2 atom stereocenters. The summed E-state index contributed by atoms with van der Waals surface area (Å²) in [7, 11) is 2.42. The zero-order chi connectivity index (χ0) is 24.5. The first-order chi connectivity index (χ1) is 16.7. The van der Waals surface area contributed by atoms with Crippen molar-refractivity contribution in [3.05, 3.63) is 82.9 Å². The molecule has 180 valence electrons. The van der Waals surface area contributed by atoms with E-state index in [1.54, 1.807) is 0 Å². The monoisotopic (exact) mass is 540 g/mol. The average Bonchev–Trinajstić information content (AvgIpc) is 3.31. The van der Waals surface area contributed by atoms with E-state index in [-0.39, 0.29) is 5.92 Å². The van der Waals surface area contributed by atoms with Gasteiger partial charge in [0, 0.05) is 61.4 Å². The Bertz CT molecular complexity index is 1140. The molecule has 0 aliphatic carbocycles. The van der Waals surface area contributed by atoms with Gasteiger partial charge in [-0.15, -0.1) is 9.24 Å². The Morgan fingerprint density at radius 2 is 1.50 bits per heavy atom. The molecule has 4 aromatic rings. The molecule has 0 bridgehead atoms. The maximum absolute atomic E-state index is 4.68. The number of nitrogens with zero attached hydrogens (tertiary/aromatic N) is 6. The van der Waals surface area contributed by atoms with Crippen molar-refractivity contribution in [2.75, 3.05) is 42.6 Å². The van der Waals surface area contributed by atoms with Gasteiger partial charge in [0.25, 0.3) is 0 Å². The van der Waals surface area contributed by atoms with Gasteiger partial charge in [0.15, 0.2) is 0 Å². The summed E-state index contributed by atoms with van der Waals surface area (Å²) >= 11 is 3.55. The number of anilines is 2. The van der Waals surface area contributed by atoms with E-state index in [0.29, 0.717) is 0 Å². The molecule has 5 rings (SSSR count). The molecular formula is C26H34BrN6P. The van der Waals surface area contributed by atoms with Crippen LogP contribution in [0.3, 0.4) is 0 Å². The normalized spacial score (nSPS) is 14.1. The third-order valence-electron chi connectivity index (χ3n) is 5.81. The highest BCUT2D eigenvalue weighted by atomic mass is 79.9. The van der Waals surface area contributed by atoms with Gasteiger partial charge in [0.05, 0.1) is 11.2 Å². The van der Waals surface area contributed by atoms with Crippen LogP contribution in [0.25, 0.3) is 5.52 Å². The minimum Gasteiger partial charge on any atom is -0.366 e. The summed E-state index contributed by atoms with van der Waals surface area (Å²) in [6.07, 6.45) is 7.78. The summed E-state index contributed by atoms with van der Waals surface area (Å²) in [6, 6.07) is 14.7. The molecule has 0 saturated carbocycles. The molecule has 6 nitrogen and oxygen atoms in total. The van der Waals surface area contributed by atoms with Gasteiger partial charge in [0.2, 0.25) is 5.95 Å². The van der Waals surface area contributed by atoms with Crippen molar-refractivity contribution in [3.63, 3.8) is 0 Å². The van der Waals surface area contributed by atoms with E-state index in [4.69, 9.17) is 0 Å². The van der Waals surface area contributed by atoms with Gasteiger partial charge in [0.1, 0.15) is 0 Å². The van der Waals surface area contributed by atoms with Gasteiger partial charge >= 0.3 is 0 Å². The number of benzene rings is 1. The molecule has 34 heavy (non-hydrogen) atoms. The number of fused-ring (bicyclic) bond motifs is 1. The Hall–Kier alpha value is -2.50. The van der Waals surface area contributed by atoms with Crippen molar-refractivity contribution >= 4 is 42.3 Å². The number of halogens is 1. The molecule has 8 heteroatoms. The lowest BCUT2D eigenvalue weighted by atomic mass is 9.96. The molecule has 1 saturated heterocycles. The fraction of sp³-hybridized carbons (Fsp3) is 0.346. The number of piperazine rings is 1. The van der Waals surface area contributed by atoms with Crippen LogP contribution >= 0.6 is 25.2 Å². The Labute approximate surface area is 213 Å². The summed E-state index contributed by atoms with van der Waals surface area (Å²) in [5.41, 5.74) is 4.75. The molecule has 0 radical (unpaired) electrons. The number of hydrogen-bond acceptors (Lipinski definition) is 5. The Morgan fingerprint density at radius 3 is 2.15 bits per heavy atom. The summed E-state index contributed by atoms with van der Waals surface area (Å²) in [6.45, 7) is 11.7. The minimum atomic E-state index is 0.285. The molecule has 0 amide bonds. The van der Waals surface area contributed by atoms with Gasteiger partial charge in [-0.05, 0) is 39.2 Å². The van der Waals surface area contributed by atoms with Crippen LogP contribution in [-0.4, -0.2) is 52.4 Å². The first-order valence-electron chi connectivity index (χ1n) is 11.8. The maximum Gasteiger partial charge on any atom is 0.225 e. The van der Waals surface area contributed by atoms with E-state index in [2.05, 4.69) is 93.4 Å². The SMILES string of the molecule is CC.CC(c1ccccc1)c1cnc(N2CCN(c3ccnn4cc(Br)cc34)CC2)nc1.CP. The van der Waals surface area contributed by atoms with Gasteiger partial charge in [-0.2, -0.15) is 5.10 Å². The predicted octanol–water partition coefficient (Wildman–Crippen LogP) is 5.88. The van der Waals surface area contributed by atoms with Crippen molar-refractivity contribution in [2.45, 2.75) is 26.7 Å². The van der Waals surface area contributed by atoms with Crippen LogP contribution in [0, 0.1) is 0 Å². The van der Waals surface area contributed by atoms with E-state index < -0.39 is 0 Å². The van der Waals surface area contributed by atoms with Crippen molar-refractivity contribution < 1.29 is 0 Å². The lowest BCUT2D eigenvalue weighted by Crippen LogP contribution is -2.47. The van der Waals surface area contributed by atoms with Crippen LogP contribution in [0.1, 0.15) is 37.8 Å². The maximum atomic E-state index is 4.68. The first-order valence-corrected chi connectivity index (χ1v) is 13.7. The predicted molar refractivity (Wildman–Crippen MR) is 150 cm³/mol. The second-order valence-corrected chi connectivity index (χ2v) is 8.54. The summed E-state index contributed by atoms with van der Waals surface area (Å²) in [5.74, 6) is 1.09. The summed E-state index contributed by atoms with van der Waals surface area (Å²) in [5, 5.41) is 4.39. The van der Waals surface area contributed by atoms with Crippen LogP contribution in [0.4, 0.5) is 11.6 Å². The quantitative estimate of drug-likeness (QED) is 0.302. The summed E-state index contributed by atoms with van der Waals surface area (Å²) < 4.78 is 2.96. The van der Waals surface area contributed by atoms with E-state index in [1.165, 1.54) is 11.3 Å². The van der Waals surface area contributed by atoms with E-state index in [0.717, 1.165) is 47.7 Å². The van der Waals surface area contributed by atoms with E-state index >= 15 is 0 Å². The highest BCUT2D eigenvalue weighted by molar-refractivity contribution is 9.10. The molecule has 1 aliphatic rings. The molecule has 1 aliphatic heterocycles. The van der Waals surface area contributed by atoms with Gasteiger partial charge in [-0.3, -0.25) is 0 Å². The van der Waals surface area contributed by atoms with Gasteiger partial charge in [-0.25, -0.2) is 14.5 Å². The van der Waals surface area contributed by atoms with Crippen molar-refractivity contribution in [1.29, 1.82) is 0 Å². The van der Waals surface area contributed by atoms with Crippen molar-refractivity contribution in [2.24, 2.45) is 0 Å². The fourth-order valence-corrected chi connectivity index (χ4v) is 4.45. The minimum absolute atomic E-state index is 0.285. The molecule has 0 N–H and O–H groups in total.